The standard InChI is InChI=1S/C60H41N3S2/c1-35-30-39-16-5-6-18-41(39)32-49(35)45-21-10-9-19-43(45)36(2)50-34-55-52(56-44-20-8-7-15-38(44)28-29-54(56)64-55)33-51(50)60-62-58(42-27-26-37-14-3-4-17-40(37)31-42)61-59(63-60)48-24-13-23-47-46-22-11-12-25-53(46)65-57(47)48/h3-34,36,58H,1-2H3,(H,61,62,63)/t36-,58?/m1/s1. The van der Waals surface area contributed by atoms with E-state index >= 15 is 0 Å². The predicted molar refractivity (Wildman–Crippen MR) is 281 cm³/mol. The van der Waals surface area contributed by atoms with Gasteiger partial charge in [-0.1, -0.05) is 159 Å². The van der Waals surface area contributed by atoms with Crippen LogP contribution in [0.4, 0.5) is 0 Å². The van der Waals surface area contributed by atoms with Gasteiger partial charge in [0.15, 0.2) is 5.84 Å². The van der Waals surface area contributed by atoms with E-state index in [9.17, 15) is 0 Å². The third kappa shape index (κ3) is 6.29. The summed E-state index contributed by atoms with van der Waals surface area (Å²) in [6.07, 6.45) is -0.377. The van der Waals surface area contributed by atoms with E-state index in [0.717, 1.165) is 28.4 Å². The van der Waals surface area contributed by atoms with Crippen molar-refractivity contribution in [2.24, 2.45) is 9.98 Å². The summed E-state index contributed by atoms with van der Waals surface area (Å²) in [5.74, 6) is 1.57. The Hall–Kier alpha value is -7.44. The molecule has 0 radical (unpaired) electrons. The highest BCUT2D eigenvalue weighted by Crippen LogP contribution is 2.44. The normalized spacial score (nSPS) is 14.7. The SMILES string of the molecule is Cc1cc2ccccc2cc1-c1ccccc1[C@@H](C)c1cc2sc3ccc4ccccc4c3c2cc1C1=NC(c2cccc3c2sc2ccccc23)=NC(c2ccc3ccccc3c2)N1. The zero-order valence-electron chi connectivity index (χ0n) is 35.8. The molecule has 65 heavy (non-hydrogen) atoms. The van der Waals surface area contributed by atoms with Crippen LogP contribution in [0, 0.1) is 6.92 Å². The minimum atomic E-state index is -0.377. The van der Waals surface area contributed by atoms with Gasteiger partial charge in [-0.2, -0.15) is 0 Å². The third-order valence-corrected chi connectivity index (χ3v) is 15.9. The van der Waals surface area contributed by atoms with Crippen molar-refractivity contribution in [3.63, 3.8) is 0 Å². The molecule has 2 aromatic heterocycles. The highest BCUT2D eigenvalue weighted by atomic mass is 32.1. The summed E-state index contributed by atoms with van der Waals surface area (Å²) in [7, 11) is 0. The van der Waals surface area contributed by atoms with Crippen LogP contribution in [-0.4, -0.2) is 11.7 Å². The first-order valence-corrected chi connectivity index (χ1v) is 23.9. The molecule has 0 spiro atoms. The Morgan fingerprint density at radius 3 is 2.00 bits per heavy atom. The van der Waals surface area contributed by atoms with Gasteiger partial charge < -0.3 is 5.32 Å². The molecule has 12 aromatic rings. The molecule has 3 heterocycles. The number of thiophene rings is 2. The lowest BCUT2D eigenvalue weighted by molar-refractivity contribution is 0.674. The van der Waals surface area contributed by atoms with E-state index in [0.29, 0.717) is 0 Å². The fourth-order valence-electron chi connectivity index (χ4n) is 10.3. The molecule has 0 aliphatic carbocycles. The van der Waals surface area contributed by atoms with E-state index in [-0.39, 0.29) is 12.1 Å². The largest absolute Gasteiger partial charge is 0.344 e. The molecule has 0 saturated carbocycles. The Labute approximate surface area is 384 Å². The minimum Gasteiger partial charge on any atom is -0.344 e. The monoisotopic (exact) mass is 867 g/mol. The highest BCUT2D eigenvalue weighted by molar-refractivity contribution is 7.26. The van der Waals surface area contributed by atoms with Crippen molar-refractivity contribution < 1.29 is 0 Å². The summed E-state index contributed by atoms with van der Waals surface area (Å²) in [4.78, 5) is 11.2. The summed E-state index contributed by atoms with van der Waals surface area (Å²) < 4.78 is 5.02. The Morgan fingerprint density at radius 2 is 1.14 bits per heavy atom. The number of amidine groups is 2. The molecule has 1 unspecified atom stereocenters. The van der Waals surface area contributed by atoms with Gasteiger partial charge in [0.1, 0.15) is 12.0 Å². The number of benzene rings is 10. The van der Waals surface area contributed by atoms with Gasteiger partial charge in [-0.15, -0.1) is 22.7 Å². The number of nitrogens with zero attached hydrogens (tertiary/aromatic N) is 2. The molecule has 308 valence electrons. The average molecular weight is 868 g/mol. The summed E-state index contributed by atoms with van der Waals surface area (Å²) in [5, 5.41) is 16.4. The number of rotatable bonds is 6. The van der Waals surface area contributed by atoms with Crippen molar-refractivity contribution in [2.75, 3.05) is 0 Å². The number of fused-ring (bicyclic) bond motifs is 10. The molecule has 0 bridgehead atoms. The first-order chi connectivity index (χ1) is 32.0. The molecule has 1 N–H and O–H groups in total. The lowest BCUT2D eigenvalue weighted by Crippen LogP contribution is -2.34. The Morgan fingerprint density at radius 1 is 0.462 bits per heavy atom. The van der Waals surface area contributed by atoms with Gasteiger partial charge in [-0.3, -0.25) is 0 Å². The quantitative estimate of drug-likeness (QED) is 0.178. The van der Waals surface area contributed by atoms with E-state index in [1.54, 1.807) is 0 Å². The van der Waals surface area contributed by atoms with Crippen LogP contribution >= 0.6 is 22.7 Å². The smallest absolute Gasteiger partial charge is 0.160 e. The molecule has 0 fully saturated rings. The highest BCUT2D eigenvalue weighted by Gasteiger charge is 2.28. The molecule has 1 aliphatic heterocycles. The summed E-state index contributed by atoms with van der Waals surface area (Å²) in [5.41, 5.74) is 9.52. The van der Waals surface area contributed by atoms with Crippen LogP contribution in [0.25, 0.3) is 83.8 Å². The van der Waals surface area contributed by atoms with Gasteiger partial charge in [0.05, 0.1) is 0 Å². The lowest BCUT2D eigenvalue weighted by atomic mass is 9.83. The molecule has 5 heteroatoms. The van der Waals surface area contributed by atoms with Gasteiger partial charge in [0.25, 0.3) is 0 Å². The van der Waals surface area contributed by atoms with E-state index in [4.69, 9.17) is 9.98 Å². The van der Waals surface area contributed by atoms with Crippen LogP contribution in [-0.2, 0) is 0 Å². The fraction of sp³-hybridized carbons (Fsp3) is 0.0667. The van der Waals surface area contributed by atoms with Crippen LogP contribution in [0.5, 0.6) is 0 Å². The molecule has 1 aliphatic rings. The van der Waals surface area contributed by atoms with E-state index in [2.05, 4.69) is 213 Å². The second kappa shape index (κ2) is 15.1. The Balaban J connectivity index is 1.06. The van der Waals surface area contributed by atoms with E-state index in [1.165, 1.54) is 100 Å². The van der Waals surface area contributed by atoms with Gasteiger partial charge in [0.2, 0.25) is 0 Å². The summed E-state index contributed by atoms with van der Waals surface area (Å²) in [6.45, 7) is 4.62. The average Bonchev–Trinajstić information content (AvgIpc) is 3.94. The first kappa shape index (κ1) is 38.1. The third-order valence-electron chi connectivity index (χ3n) is 13.5. The van der Waals surface area contributed by atoms with Crippen molar-refractivity contribution in [1.29, 1.82) is 0 Å². The zero-order chi connectivity index (χ0) is 43.2. The molecule has 0 amide bonds. The second-order valence-corrected chi connectivity index (χ2v) is 19.5. The number of aliphatic imine (C=N–C) groups is 2. The number of hydrogen-bond donors (Lipinski definition) is 1. The molecule has 13 rings (SSSR count). The first-order valence-electron chi connectivity index (χ1n) is 22.3. The van der Waals surface area contributed by atoms with Crippen molar-refractivity contribution in [3.8, 4) is 11.1 Å². The lowest BCUT2D eigenvalue weighted by Gasteiger charge is -2.27. The topological polar surface area (TPSA) is 36.8 Å². The molecular formula is C60H41N3S2. The molecular weight excluding hydrogens is 827 g/mol. The van der Waals surface area contributed by atoms with E-state index in [1.807, 2.05) is 22.7 Å². The maximum Gasteiger partial charge on any atom is 0.160 e. The maximum absolute atomic E-state index is 5.65. The van der Waals surface area contributed by atoms with Gasteiger partial charge >= 0.3 is 0 Å². The van der Waals surface area contributed by atoms with Crippen LogP contribution in [0.3, 0.4) is 0 Å². The molecule has 3 nitrogen and oxygen atoms in total. The van der Waals surface area contributed by atoms with Gasteiger partial charge in [-0.25, -0.2) is 9.98 Å². The van der Waals surface area contributed by atoms with Crippen LogP contribution in [0.15, 0.2) is 204 Å². The number of hydrogen-bond acceptors (Lipinski definition) is 5. The minimum absolute atomic E-state index is 0.00962. The zero-order valence-corrected chi connectivity index (χ0v) is 37.5. The second-order valence-electron chi connectivity index (χ2n) is 17.4. The van der Waals surface area contributed by atoms with Crippen molar-refractivity contribution in [1.82, 2.24) is 5.32 Å². The van der Waals surface area contributed by atoms with Gasteiger partial charge in [-0.05, 0) is 115 Å². The molecule has 2 atom stereocenters. The van der Waals surface area contributed by atoms with Crippen molar-refractivity contribution in [3.05, 3.63) is 228 Å². The van der Waals surface area contributed by atoms with E-state index < -0.39 is 0 Å². The van der Waals surface area contributed by atoms with Gasteiger partial charge in [0, 0.05) is 57.4 Å². The maximum atomic E-state index is 5.65. The fourth-order valence-corrected chi connectivity index (χ4v) is 12.6. The van der Waals surface area contributed by atoms with Crippen molar-refractivity contribution >= 4 is 107 Å². The van der Waals surface area contributed by atoms with Crippen LogP contribution < -0.4 is 5.32 Å². The Bertz CT molecular complexity index is 3980. The Kier molecular flexibility index (Phi) is 8.84. The molecule has 10 aromatic carbocycles. The number of nitrogens with one attached hydrogen (secondary N) is 1. The summed E-state index contributed by atoms with van der Waals surface area (Å²) >= 11 is 3.70. The predicted octanol–water partition coefficient (Wildman–Crippen LogP) is 16.5. The summed E-state index contributed by atoms with van der Waals surface area (Å²) in [6, 6.07) is 71.2. The molecule has 0 saturated heterocycles. The van der Waals surface area contributed by atoms with Crippen LogP contribution in [0.2, 0.25) is 0 Å². The number of aryl methyl sites for hydroxylation is 1. The van der Waals surface area contributed by atoms with Crippen LogP contribution in [0.1, 0.15) is 52.4 Å². The van der Waals surface area contributed by atoms with Crippen molar-refractivity contribution in [2.45, 2.75) is 25.9 Å².